The lowest BCUT2D eigenvalue weighted by Crippen LogP contribution is -2.54. The number of amides is 4. The second-order valence-electron chi connectivity index (χ2n) is 14.2. The van der Waals surface area contributed by atoms with Crippen LogP contribution in [0.25, 0.3) is 10.9 Å². The third kappa shape index (κ3) is 8.82. The van der Waals surface area contributed by atoms with Crippen molar-refractivity contribution in [3.63, 3.8) is 0 Å². The fraction of sp³-hybridized carbons (Fsp3) is 0.500. The lowest BCUT2D eigenvalue weighted by Gasteiger charge is -2.41. The molecular weight excluding hydrogens is 745 g/mol. The molecule has 7 rings (SSSR count). The number of nitriles is 1. The third-order valence-electron chi connectivity index (χ3n) is 10.8. The van der Waals surface area contributed by atoms with Crippen LogP contribution in [0.2, 0.25) is 0 Å². The van der Waals surface area contributed by atoms with Crippen molar-refractivity contribution >= 4 is 50.4 Å². The zero-order valence-electron chi connectivity index (χ0n) is 30.9. The monoisotopic (exact) mass is 788 g/mol. The van der Waals surface area contributed by atoms with Gasteiger partial charge >= 0.3 is 0 Å². The molecule has 1 atom stereocenters. The topological polar surface area (TPSA) is 213 Å². The molecule has 4 heterocycles. The van der Waals surface area contributed by atoms with E-state index in [0.29, 0.717) is 43.5 Å². The molecule has 2 aromatic carbocycles. The van der Waals surface area contributed by atoms with Crippen LogP contribution in [0.1, 0.15) is 64.8 Å². The zero-order valence-corrected chi connectivity index (χ0v) is 31.7. The first-order valence-electron chi connectivity index (χ1n) is 18.9. The number of nitrogens with one attached hydrogen (secondary N) is 2. The van der Waals surface area contributed by atoms with Gasteiger partial charge in [0.15, 0.2) is 0 Å². The van der Waals surface area contributed by atoms with E-state index in [-0.39, 0.29) is 68.8 Å². The number of anilines is 1. The molecule has 1 aliphatic carbocycles. The number of hydrogen-bond donors (Lipinski definition) is 2. The van der Waals surface area contributed by atoms with Crippen LogP contribution in [0.3, 0.4) is 0 Å². The molecule has 3 fully saturated rings. The molecule has 0 bridgehead atoms. The Bertz CT molecular complexity index is 2130. The Morgan fingerprint density at radius 1 is 0.839 bits per heavy atom. The highest BCUT2D eigenvalue weighted by Crippen LogP contribution is 2.31. The average molecular weight is 789 g/mol. The number of benzene rings is 2. The van der Waals surface area contributed by atoms with Gasteiger partial charge in [0.1, 0.15) is 30.5 Å². The van der Waals surface area contributed by atoms with Crippen LogP contribution >= 0.6 is 0 Å². The van der Waals surface area contributed by atoms with Crippen LogP contribution < -0.4 is 15.4 Å². The Morgan fingerprint density at radius 3 is 2.32 bits per heavy atom. The Labute approximate surface area is 324 Å². The maximum Gasteiger partial charge on any atom is 0.262 e. The highest BCUT2D eigenvalue weighted by molar-refractivity contribution is 7.89. The van der Waals surface area contributed by atoms with Crippen molar-refractivity contribution < 1.29 is 41.8 Å². The summed E-state index contributed by atoms with van der Waals surface area (Å²) in [5.41, 5.74) is 1.66. The summed E-state index contributed by atoms with van der Waals surface area (Å²) in [4.78, 5) is 61.7. The molecule has 4 aliphatic rings. The Hall–Kier alpha value is -5.06. The van der Waals surface area contributed by atoms with Gasteiger partial charge in [-0.1, -0.05) is 0 Å². The SMILES string of the molecule is N#Cc1ccc2ncnc(N[C@H]3CC[C@@H](N4CCN(S(=O)(=O)CCOCCOCCOc5ccc6c(c5)C(=O)N(C5CCC(=O)NC5=O)C6=O)CC4)CC3)c2c1. The second-order valence-corrected chi connectivity index (χ2v) is 16.3. The fourth-order valence-electron chi connectivity index (χ4n) is 7.74. The second kappa shape index (κ2) is 17.4. The van der Waals surface area contributed by atoms with Gasteiger partial charge in [-0.3, -0.25) is 34.3 Å². The van der Waals surface area contributed by atoms with E-state index < -0.39 is 39.7 Å². The Balaban J connectivity index is 0.751. The molecule has 18 heteroatoms. The lowest BCUT2D eigenvalue weighted by molar-refractivity contribution is -0.136. The summed E-state index contributed by atoms with van der Waals surface area (Å²) in [6.07, 6.45) is 5.60. The number of hydrogen-bond acceptors (Lipinski definition) is 14. The molecule has 17 nitrogen and oxygen atoms in total. The molecule has 3 aromatic rings. The quantitative estimate of drug-likeness (QED) is 0.166. The van der Waals surface area contributed by atoms with Gasteiger partial charge in [0.05, 0.1) is 60.5 Å². The largest absolute Gasteiger partial charge is 0.491 e. The summed E-state index contributed by atoms with van der Waals surface area (Å²) in [7, 11) is -3.47. The minimum absolute atomic E-state index is 0.0433. The number of piperazine rings is 1. The van der Waals surface area contributed by atoms with E-state index in [2.05, 4.69) is 31.6 Å². The first kappa shape index (κ1) is 39.2. The maximum atomic E-state index is 13.0. The van der Waals surface area contributed by atoms with Crippen molar-refractivity contribution in [2.24, 2.45) is 0 Å². The molecule has 296 valence electrons. The van der Waals surface area contributed by atoms with Gasteiger partial charge in [-0.2, -0.15) is 9.57 Å². The molecule has 0 spiro atoms. The van der Waals surface area contributed by atoms with E-state index in [1.807, 2.05) is 12.1 Å². The number of aromatic nitrogens is 2. The summed E-state index contributed by atoms with van der Waals surface area (Å²) in [5.74, 6) is -1.32. The van der Waals surface area contributed by atoms with Crippen molar-refractivity contribution in [3.8, 4) is 11.8 Å². The molecule has 2 N–H and O–H groups in total. The van der Waals surface area contributed by atoms with E-state index >= 15 is 0 Å². The van der Waals surface area contributed by atoms with Crippen LogP contribution in [0, 0.1) is 11.3 Å². The molecule has 4 amide bonds. The van der Waals surface area contributed by atoms with Crippen LogP contribution in [0.15, 0.2) is 42.7 Å². The summed E-state index contributed by atoms with van der Waals surface area (Å²) < 4.78 is 44.4. The summed E-state index contributed by atoms with van der Waals surface area (Å²) in [6.45, 7) is 3.13. The first-order chi connectivity index (χ1) is 27.1. The van der Waals surface area contributed by atoms with Crippen LogP contribution in [-0.4, -0.2) is 139 Å². The van der Waals surface area contributed by atoms with Gasteiger partial charge in [-0.25, -0.2) is 18.4 Å². The zero-order chi connectivity index (χ0) is 39.2. The van der Waals surface area contributed by atoms with E-state index in [1.165, 1.54) is 18.5 Å². The van der Waals surface area contributed by atoms with Crippen LogP contribution in [0.4, 0.5) is 5.82 Å². The number of carbonyl (C=O) groups is 4. The molecule has 1 aromatic heterocycles. The number of ether oxygens (including phenoxy) is 3. The van der Waals surface area contributed by atoms with Crippen molar-refractivity contribution in [1.29, 1.82) is 5.26 Å². The smallest absolute Gasteiger partial charge is 0.262 e. The number of imide groups is 2. The molecule has 3 aliphatic heterocycles. The number of sulfonamides is 1. The predicted molar refractivity (Wildman–Crippen MR) is 201 cm³/mol. The highest BCUT2D eigenvalue weighted by Gasteiger charge is 2.44. The van der Waals surface area contributed by atoms with Gasteiger partial charge in [0.25, 0.3) is 11.8 Å². The Morgan fingerprint density at radius 2 is 1.57 bits per heavy atom. The lowest BCUT2D eigenvalue weighted by atomic mass is 9.89. The van der Waals surface area contributed by atoms with Crippen molar-refractivity contribution in [2.45, 2.75) is 56.7 Å². The number of fused-ring (bicyclic) bond motifs is 2. The van der Waals surface area contributed by atoms with Gasteiger partial charge < -0.3 is 19.5 Å². The summed E-state index contributed by atoms with van der Waals surface area (Å²) in [5, 5.41) is 15.9. The maximum absolute atomic E-state index is 13.0. The number of piperidine rings is 1. The summed E-state index contributed by atoms with van der Waals surface area (Å²) in [6, 6.07) is 11.7. The van der Waals surface area contributed by atoms with E-state index in [0.717, 1.165) is 47.3 Å². The van der Waals surface area contributed by atoms with Crippen LogP contribution in [-0.2, 0) is 29.1 Å². The standard InChI is InChI=1S/C38H44N8O9S/c39-23-25-1-8-32-31(21-25)35(41-24-40-32)42-26-2-4-27(5-3-26)44-11-13-45(14-12-44)56(51,52)20-19-54-16-15-53-17-18-55-28-6-7-29-30(22-28)38(50)46(37(29)49)33-9-10-34(47)43-36(33)48/h1,6-8,21-22,24,26-27,33H,2-5,9-20H2,(H,40,41,42)(H,43,47,48)/t26-,27+,33?. The highest BCUT2D eigenvalue weighted by atomic mass is 32.2. The first-order valence-corrected chi connectivity index (χ1v) is 20.5. The van der Waals surface area contributed by atoms with Crippen molar-refractivity contribution in [2.75, 3.05) is 70.3 Å². The summed E-state index contributed by atoms with van der Waals surface area (Å²) >= 11 is 0. The minimum Gasteiger partial charge on any atom is -0.491 e. The molecule has 1 unspecified atom stereocenters. The molecule has 56 heavy (non-hydrogen) atoms. The molecule has 0 radical (unpaired) electrons. The molecular formula is C38H44N8O9S. The average Bonchev–Trinajstić information content (AvgIpc) is 3.45. The van der Waals surface area contributed by atoms with Gasteiger partial charge in [0, 0.05) is 50.1 Å². The predicted octanol–water partition coefficient (Wildman–Crippen LogP) is 1.69. The van der Waals surface area contributed by atoms with Gasteiger partial charge in [0.2, 0.25) is 21.8 Å². The number of nitrogens with zero attached hydrogens (tertiary/aromatic N) is 6. The normalized spacial score (nSPS) is 22.2. The van der Waals surface area contributed by atoms with Crippen molar-refractivity contribution in [1.82, 2.24) is 29.4 Å². The van der Waals surface area contributed by atoms with E-state index in [4.69, 9.17) is 14.2 Å². The minimum atomic E-state index is -3.47. The van der Waals surface area contributed by atoms with Crippen LogP contribution in [0.5, 0.6) is 5.75 Å². The van der Waals surface area contributed by atoms with Crippen molar-refractivity contribution in [3.05, 3.63) is 59.4 Å². The fourth-order valence-corrected chi connectivity index (χ4v) is 9.05. The number of carbonyl (C=O) groups excluding carboxylic acids is 4. The molecule has 2 saturated heterocycles. The van der Waals surface area contributed by atoms with Gasteiger partial charge in [-0.05, 0) is 68.5 Å². The molecule has 1 saturated carbocycles. The van der Waals surface area contributed by atoms with E-state index in [9.17, 15) is 32.9 Å². The third-order valence-corrected chi connectivity index (χ3v) is 12.6. The van der Waals surface area contributed by atoms with E-state index in [1.54, 1.807) is 16.4 Å². The number of rotatable bonds is 15. The van der Waals surface area contributed by atoms with Gasteiger partial charge in [-0.15, -0.1) is 0 Å². The Kier molecular flexibility index (Phi) is 12.2.